The summed E-state index contributed by atoms with van der Waals surface area (Å²) in [4.78, 5) is 27.9. The zero-order valence-corrected chi connectivity index (χ0v) is 18.3. The van der Waals surface area contributed by atoms with E-state index in [1.165, 1.54) is 0 Å². The van der Waals surface area contributed by atoms with Crippen LogP contribution in [0.15, 0.2) is 60.7 Å². The standard InChI is InChI=1S/C26H26N4O2/c1-17(28-2)25(31)29-22-14-13-18-7-3-4-12-23(18)30(26(22)32)16-21-11-6-9-19-8-5-10-20(15-27)24(19)21/h3-12,17,22,28H,13-14,16H2,1-2H3,(H,29,31). The van der Waals surface area contributed by atoms with Crippen molar-refractivity contribution in [2.24, 2.45) is 0 Å². The van der Waals surface area contributed by atoms with Crippen LogP contribution in [-0.2, 0) is 22.6 Å². The van der Waals surface area contributed by atoms with Crippen LogP contribution in [0.25, 0.3) is 10.8 Å². The van der Waals surface area contributed by atoms with E-state index < -0.39 is 12.1 Å². The summed E-state index contributed by atoms with van der Waals surface area (Å²) in [5, 5.41) is 17.3. The summed E-state index contributed by atoms with van der Waals surface area (Å²) in [6.45, 7) is 2.09. The maximum absolute atomic E-state index is 13.7. The second-order valence-electron chi connectivity index (χ2n) is 8.10. The first-order chi connectivity index (χ1) is 15.5. The Bertz CT molecular complexity index is 1210. The molecule has 4 rings (SSSR count). The van der Waals surface area contributed by atoms with Gasteiger partial charge in [-0.3, -0.25) is 9.59 Å². The number of benzene rings is 3. The van der Waals surface area contributed by atoms with Crippen LogP contribution in [0.3, 0.4) is 0 Å². The van der Waals surface area contributed by atoms with Crippen LogP contribution in [0.4, 0.5) is 5.69 Å². The highest BCUT2D eigenvalue weighted by atomic mass is 16.2. The molecule has 6 heteroatoms. The Morgan fingerprint density at radius 3 is 2.66 bits per heavy atom. The number of carbonyl (C=O) groups is 2. The molecular weight excluding hydrogens is 400 g/mol. The molecule has 0 spiro atoms. The summed E-state index contributed by atoms with van der Waals surface area (Å²) in [5.41, 5.74) is 3.40. The van der Waals surface area contributed by atoms with Gasteiger partial charge in [0.2, 0.25) is 11.8 Å². The molecule has 3 aromatic rings. The van der Waals surface area contributed by atoms with Crippen LogP contribution in [0.2, 0.25) is 0 Å². The molecule has 0 radical (unpaired) electrons. The van der Waals surface area contributed by atoms with Crippen molar-refractivity contribution in [1.82, 2.24) is 10.6 Å². The Kier molecular flexibility index (Phi) is 6.20. The van der Waals surface area contributed by atoms with Gasteiger partial charge in [0.15, 0.2) is 0 Å². The summed E-state index contributed by atoms with van der Waals surface area (Å²) in [6, 6.07) is 20.6. The molecular formula is C26H26N4O2. The fourth-order valence-corrected chi connectivity index (χ4v) is 4.25. The van der Waals surface area contributed by atoms with Gasteiger partial charge in [-0.25, -0.2) is 0 Å². The van der Waals surface area contributed by atoms with Crippen molar-refractivity contribution in [3.05, 3.63) is 77.4 Å². The van der Waals surface area contributed by atoms with Gasteiger partial charge in [0.1, 0.15) is 6.04 Å². The van der Waals surface area contributed by atoms with Gasteiger partial charge >= 0.3 is 0 Å². The first kappa shape index (κ1) is 21.5. The lowest BCUT2D eigenvalue weighted by Gasteiger charge is -2.27. The monoisotopic (exact) mass is 426 g/mol. The van der Waals surface area contributed by atoms with E-state index in [4.69, 9.17) is 0 Å². The quantitative estimate of drug-likeness (QED) is 0.656. The Hall–Kier alpha value is -3.69. The second-order valence-corrected chi connectivity index (χ2v) is 8.10. The van der Waals surface area contributed by atoms with Gasteiger partial charge in [0.25, 0.3) is 0 Å². The van der Waals surface area contributed by atoms with Gasteiger partial charge in [-0.1, -0.05) is 48.5 Å². The Balaban J connectivity index is 1.75. The highest BCUT2D eigenvalue weighted by Gasteiger charge is 2.32. The number of likely N-dealkylation sites (N-methyl/N-ethyl adjacent to an activating group) is 1. The number of fused-ring (bicyclic) bond motifs is 2. The zero-order chi connectivity index (χ0) is 22.7. The molecule has 1 aliphatic heterocycles. The highest BCUT2D eigenvalue weighted by Crippen LogP contribution is 2.31. The predicted octanol–water partition coefficient (Wildman–Crippen LogP) is 3.28. The molecule has 0 saturated carbocycles. The van der Waals surface area contributed by atoms with E-state index in [0.29, 0.717) is 24.9 Å². The second kappa shape index (κ2) is 9.21. The molecule has 2 unspecified atom stereocenters. The van der Waals surface area contributed by atoms with Gasteiger partial charge < -0.3 is 15.5 Å². The fraction of sp³-hybridized carbons (Fsp3) is 0.269. The summed E-state index contributed by atoms with van der Waals surface area (Å²) in [5.74, 6) is -0.341. The first-order valence-corrected chi connectivity index (χ1v) is 10.8. The Morgan fingerprint density at radius 1 is 1.16 bits per heavy atom. The van der Waals surface area contributed by atoms with Crippen molar-refractivity contribution in [1.29, 1.82) is 5.26 Å². The van der Waals surface area contributed by atoms with Gasteiger partial charge in [-0.15, -0.1) is 0 Å². The maximum atomic E-state index is 13.7. The lowest BCUT2D eigenvalue weighted by atomic mass is 9.99. The molecule has 0 saturated heterocycles. The van der Waals surface area contributed by atoms with E-state index in [-0.39, 0.29) is 11.8 Å². The van der Waals surface area contributed by atoms with E-state index in [0.717, 1.165) is 27.6 Å². The Labute approximate surface area is 187 Å². The van der Waals surface area contributed by atoms with Gasteiger partial charge in [0, 0.05) is 11.1 Å². The SMILES string of the molecule is CNC(C)C(=O)NC1CCc2ccccc2N(Cc2cccc3cccc(C#N)c23)C1=O. The summed E-state index contributed by atoms with van der Waals surface area (Å²) in [7, 11) is 1.72. The van der Waals surface area contributed by atoms with Crippen molar-refractivity contribution >= 4 is 28.3 Å². The number of anilines is 1. The van der Waals surface area contributed by atoms with E-state index in [1.807, 2.05) is 54.6 Å². The molecule has 0 aliphatic carbocycles. The summed E-state index contributed by atoms with van der Waals surface area (Å²) >= 11 is 0. The molecule has 2 N–H and O–H groups in total. The molecule has 0 fully saturated rings. The third kappa shape index (κ3) is 4.08. The number of aryl methyl sites for hydroxylation is 1. The first-order valence-electron chi connectivity index (χ1n) is 10.8. The molecule has 3 aromatic carbocycles. The largest absolute Gasteiger partial charge is 0.343 e. The Morgan fingerprint density at radius 2 is 1.91 bits per heavy atom. The molecule has 1 aliphatic rings. The van der Waals surface area contributed by atoms with Crippen molar-refractivity contribution in [3.8, 4) is 6.07 Å². The predicted molar refractivity (Wildman–Crippen MR) is 125 cm³/mol. The number of nitrogens with one attached hydrogen (secondary N) is 2. The minimum absolute atomic E-state index is 0.141. The molecule has 32 heavy (non-hydrogen) atoms. The summed E-state index contributed by atoms with van der Waals surface area (Å²) < 4.78 is 0. The average molecular weight is 427 g/mol. The molecule has 2 atom stereocenters. The molecule has 6 nitrogen and oxygen atoms in total. The number of carbonyl (C=O) groups excluding carboxylic acids is 2. The third-order valence-electron chi connectivity index (χ3n) is 6.13. The lowest BCUT2D eigenvalue weighted by molar-refractivity contribution is -0.128. The zero-order valence-electron chi connectivity index (χ0n) is 18.3. The smallest absolute Gasteiger partial charge is 0.249 e. The molecule has 0 bridgehead atoms. The van der Waals surface area contributed by atoms with Crippen molar-refractivity contribution in [2.45, 2.75) is 38.4 Å². The number of hydrogen-bond acceptors (Lipinski definition) is 4. The van der Waals surface area contributed by atoms with E-state index in [9.17, 15) is 14.9 Å². The van der Waals surface area contributed by atoms with Crippen LogP contribution in [0.5, 0.6) is 0 Å². The van der Waals surface area contributed by atoms with E-state index >= 15 is 0 Å². The van der Waals surface area contributed by atoms with Crippen LogP contribution < -0.4 is 15.5 Å². The summed E-state index contributed by atoms with van der Waals surface area (Å²) in [6.07, 6.45) is 1.23. The molecule has 162 valence electrons. The number of rotatable bonds is 5. The average Bonchev–Trinajstić information content (AvgIpc) is 2.95. The number of hydrogen-bond donors (Lipinski definition) is 2. The molecule has 0 aromatic heterocycles. The van der Waals surface area contributed by atoms with Crippen LogP contribution >= 0.6 is 0 Å². The van der Waals surface area contributed by atoms with E-state index in [1.54, 1.807) is 24.9 Å². The number of amides is 2. The number of nitrogens with zero attached hydrogens (tertiary/aromatic N) is 2. The van der Waals surface area contributed by atoms with Crippen LogP contribution in [0, 0.1) is 11.3 Å². The van der Waals surface area contributed by atoms with Crippen molar-refractivity contribution in [2.75, 3.05) is 11.9 Å². The van der Waals surface area contributed by atoms with Gasteiger partial charge in [-0.05, 0) is 55.5 Å². The van der Waals surface area contributed by atoms with Crippen molar-refractivity contribution in [3.63, 3.8) is 0 Å². The normalized spacial score (nSPS) is 16.7. The maximum Gasteiger partial charge on any atom is 0.249 e. The molecule has 2 amide bonds. The van der Waals surface area contributed by atoms with Crippen LogP contribution in [-0.4, -0.2) is 30.9 Å². The highest BCUT2D eigenvalue weighted by molar-refractivity contribution is 6.01. The van der Waals surface area contributed by atoms with Gasteiger partial charge in [-0.2, -0.15) is 5.26 Å². The van der Waals surface area contributed by atoms with E-state index in [2.05, 4.69) is 16.7 Å². The minimum Gasteiger partial charge on any atom is -0.343 e. The van der Waals surface area contributed by atoms with Gasteiger partial charge in [0.05, 0.1) is 24.2 Å². The number of para-hydroxylation sites is 1. The lowest BCUT2D eigenvalue weighted by Crippen LogP contribution is -2.52. The fourth-order valence-electron chi connectivity index (χ4n) is 4.25. The third-order valence-corrected chi connectivity index (χ3v) is 6.13. The van der Waals surface area contributed by atoms with Crippen molar-refractivity contribution < 1.29 is 9.59 Å². The topological polar surface area (TPSA) is 85.2 Å². The van der Waals surface area contributed by atoms with Crippen LogP contribution in [0.1, 0.15) is 30.0 Å². The number of nitriles is 1. The molecule has 1 heterocycles. The minimum atomic E-state index is -0.615.